The molecule has 0 saturated carbocycles. The molecule has 0 fully saturated rings. The zero-order valence-corrected chi connectivity index (χ0v) is 16.0. The Morgan fingerprint density at radius 2 is 2.08 bits per heavy atom. The quantitative estimate of drug-likeness (QED) is 0.391. The number of aliphatic imine (C=N–C) groups is 1. The van der Waals surface area contributed by atoms with Crippen LogP contribution in [0.1, 0.15) is 29.9 Å². The molecule has 0 amide bonds. The SMILES string of the molecule is I.NC(=NCc1noc2c1CCCC2)Nc1cccc(OC(F)(F)F)c1. The van der Waals surface area contributed by atoms with Crippen LogP contribution in [-0.4, -0.2) is 17.5 Å². The predicted molar refractivity (Wildman–Crippen MR) is 101 cm³/mol. The van der Waals surface area contributed by atoms with Crippen LogP contribution in [0, 0.1) is 0 Å². The lowest BCUT2D eigenvalue weighted by Crippen LogP contribution is -2.23. The molecule has 2 aromatic rings. The summed E-state index contributed by atoms with van der Waals surface area (Å²) in [7, 11) is 0. The molecule has 1 aromatic carbocycles. The summed E-state index contributed by atoms with van der Waals surface area (Å²) in [5, 5.41) is 6.75. The minimum atomic E-state index is -4.75. The van der Waals surface area contributed by atoms with Crippen molar-refractivity contribution in [1.82, 2.24) is 5.16 Å². The van der Waals surface area contributed by atoms with E-state index in [0.717, 1.165) is 42.7 Å². The van der Waals surface area contributed by atoms with Gasteiger partial charge in [-0.15, -0.1) is 37.1 Å². The van der Waals surface area contributed by atoms with Crippen molar-refractivity contribution < 1.29 is 22.4 Å². The molecule has 1 heterocycles. The van der Waals surface area contributed by atoms with E-state index in [1.807, 2.05) is 0 Å². The molecule has 1 aromatic heterocycles. The second kappa shape index (κ2) is 8.60. The van der Waals surface area contributed by atoms with Crippen molar-refractivity contribution >= 4 is 35.6 Å². The summed E-state index contributed by atoms with van der Waals surface area (Å²) in [6.07, 6.45) is -0.778. The molecule has 0 spiro atoms. The third-order valence-corrected chi connectivity index (χ3v) is 3.77. The first-order valence-electron chi connectivity index (χ1n) is 7.80. The van der Waals surface area contributed by atoms with Crippen molar-refractivity contribution in [3.63, 3.8) is 0 Å². The smallest absolute Gasteiger partial charge is 0.406 e. The van der Waals surface area contributed by atoms with Crippen LogP contribution in [0.25, 0.3) is 0 Å². The van der Waals surface area contributed by atoms with Crippen LogP contribution in [0.2, 0.25) is 0 Å². The number of nitrogens with zero attached hydrogens (tertiary/aromatic N) is 2. The van der Waals surface area contributed by atoms with E-state index >= 15 is 0 Å². The lowest BCUT2D eigenvalue weighted by molar-refractivity contribution is -0.274. The summed E-state index contributed by atoms with van der Waals surface area (Å²) >= 11 is 0. The largest absolute Gasteiger partial charge is 0.573 e. The van der Waals surface area contributed by atoms with E-state index in [9.17, 15) is 13.2 Å². The normalized spacial score (nSPS) is 14.3. The molecular formula is C16H18F3IN4O2. The van der Waals surface area contributed by atoms with Crippen LogP contribution in [0.3, 0.4) is 0 Å². The van der Waals surface area contributed by atoms with Crippen LogP contribution in [-0.2, 0) is 19.4 Å². The van der Waals surface area contributed by atoms with Crippen LogP contribution < -0.4 is 15.8 Å². The number of hydrogen-bond acceptors (Lipinski definition) is 4. The van der Waals surface area contributed by atoms with Gasteiger partial charge in [-0.05, 0) is 31.4 Å². The average Bonchev–Trinajstić information content (AvgIpc) is 2.95. The molecule has 3 rings (SSSR count). The molecule has 1 aliphatic carbocycles. The molecule has 0 radical (unpaired) electrons. The molecule has 142 valence electrons. The van der Waals surface area contributed by atoms with Gasteiger partial charge in [0, 0.05) is 23.7 Å². The minimum absolute atomic E-state index is 0. The number of aryl methyl sites for hydroxylation is 1. The van der Waals surface area contributed by atoms with Gasteiger partial charge in [-0.3, -0.25) is 0 Å². The maximum absolute atomic E-state index is 12.2. The zero-order valence-electron chi connectivity index (χ0n) is 13.7. The zero-order chi connectivity index (χ0) is 17.9. The number of guanidine groups is 1. The number of nitrogens with one attached hydrogen (secondary N) is 1. The van der Waals surface area contributed by atoms with E-state index in [2.05, 4.69) is 20.2 Å². The van der Waals surface area contributed by atoms with Crippen molar-refractivity contribution in [1.29, 1.82) is 0 Å². The Labute approximate surface area is 165 Å². The molecule has 1 aliphatic rings. The first-order valence-corrected chi connectivity index (χ1v) is 7.80. The maximum atomic E-state index is 12.2. The summed E-state index contributed by atoms with van der Waals surface area (Å²) in [5.74, 6) is 0.632. The number of hydrogen-bond donors (Lipinski definition) is 2. The Kier molecular flexibility index (Phi) is 6.73. The van der Waals surface area contributed by atoms with Gasteiger partial charge < -0.3 is 20.3 Å². The highest BCUT2D eigenvalue weighted by Gasteiger charge is 2.31. The van der Waals surface area contributed by atoms with Crippen LogP contribution in [0.15, 0.2) is 33.8 Å². The maximum Gasteiger partial charge on any atom is 0.573 e. The molecule has 0 aliphatic heterocycles. The van der Waals surface area contributed by atoms with Crippen molar-refractivity contribution in [3.05, 3.63) is 41.3 Å². The van der Waals surface area contributed by atoms with Gasteiger partial charge in [0.05, 0.1) is 6.54 Å². The predicted octanol–water partition coefficient (Wildman–Crippen LogP) is 4.00. The number of alkyl halides is 3. The molecular weight excluding hydrogens is 464 g/mol. The first kappa shape index (κ1) is 20.3. The Morgan fingerprint density at radius 3 is 2.85 bits per heavy atom. The Bertz CT molecular complexity index is 777. The number of benzene rings is 1. The fraction of sp³-hybridized carbons (Fsp3) is 0.375. The van der Waals surface area contributed by atoms with Gasteiger partial charge >= 0.3 is 6.36 Å². The summed E-state index contributed by atoms with van der Waals surface area (Å²) in [6.45, 7) is 0.246. The van der Waals surface area contributed by atoms with Crippen molar-refractivity contribution in [3.8, 4) is 5.75 Å². The van der Waals surface area contributed by atoms with Crippen molar-refractivity contribution in [2.45, 2.75) is 38.6 Å². The summed E-state index contributed by atoms with van der Waals surface area (Å²) < 4.78 is 45.9. The topological polar surface area (TPSA) is 85.7 Å². The number of aromatic nitrogens is 1. The Morgan fingerprint density at radius 1 is 1.31 bits per heavy atom. The number of halogens is 4. The van der Waals surface area contributed by atoms with Gasteiger partial charge in [0.25, 0.3) is 0 Å². The van der Waals surface area contributed by atoms with E-state index < -0.39 is 6.36 Å². The monoisotopic (exact) mass is 482 g/mol. The van der Waals surface area contributed by atoms with Gasteiger partial charge in [-0.2, -0.15) is 0 Å². The number of ether oxygens (including phenoxy) is 1. The third kappa shape index (κ3) is 5.51. The second-order valence-corrected chi connectivity index (χ2v) is 5.64. The summed E-state index contributed by atoms with van der Waals surface area (Å²) in [4.78, 5) is 4.17. The van der Waals surface area contributed by atoms with Gasteiger partial charge in [0.2, 0.25) is 0 Å². The second-order valence-electron chi connectivity index (χ2n) is 5.64. The molecule has 0 unspecified atom stereocenters. The highest BCUT2D eigenvalue weighted by molar-refractivity contribution is 14.0. The van der Waals surface area contributed by atoms with Crippen molar-refractivity contribution in [2.24, 2.45) is 10.7 Å². The fourth-order valence-electron chi connectivity index (χ4n) is 2.69. The van der Waals surface area contributed by atoms with Gasteiger partial charge in [0.15, 0.2) is 5.96 Å². The Balaban J connectivity index is 0.00000243. The number of fused-ring (bicyclic) bond motifs is 1. The van der Waals surface area contributed by atoms with Gasteiger partial charge in [-0.25, -0.2) is 4.99 Å². The Hall–Kier alpha value is -1.98. The average molecular weight is 482 g/mol. The van der Waals surface area contributed by atoms with E-state index in [1.54, 1.807) is 6.07 Å². The molecule has 6 nitrogen and oxygen atoms in total. The van der Waals surface area contributed by atoms with Crippen LogP contribution in [0.5, 0.6) is 5.75 Å². The molecule has 3 N–H and O–H groups in total. The summed E-state index contributed by atoms with van der Waals surface area (Å²) in [5.41, 5.74) is 7.96. The van der Waals surface area contributed by atoms with Crippen molar-refractivity contribution in [2.75, 3.05) is 5.32 Å². The highest BCUT2D eigenvalue weighted by atomic mass is 127. The van der Waals surface area contributed by atoms with E-state index in [1.165, 1.54) is 18.2 Å². The van der Waals surface area contributed by atoms with Gasteiger partial charge in [-0.1, -0.05) is 11.2 Å². The molecule has 10 heteroatoms. The summed E-state index contributed by atoms with van der Waals surface area (Å²) in [6, 6.07) is 5.37. The van der Waals surface area contributed by atoms with Crippen LogP contribution in [0.4, 0.5) is 18.9 Å². The van der Waals surface area contributed by atoms with Gasteiger partial charge in [0.1, 0.15) is 17.2 Å². The number of anilines is 1. The van der Waals surface area contributed by atoms with E-state index in [0.29, 0.717) is 5.69 Å². The number of nitrogens with two attached hydrogens (primary N) is 1. The first-order chi connectivity index (χ1) is 11.9. The van der Waals surface area contributed by atoms with E-state index in [-0.39, 0.29) is 42.2 Å². The minimum Gasteiger partial charge on any atom is -0.406 e. The molecule has 26 heavy (non-hydrogen) atoms. The third-order valence-electron chi connectivity index (χ3n) is 3.77. The molecule has 0 saturated heterocycles. The molecule has 0 atom stereocenters. The van der Waals surface area contributed by atoms with Crippen LogP contribution >= 0.6 is 24.0 Å². The molecule has 0 bridgehead atoms. The number of rotatable bonds is 4. The standard InChI is InChI=1S/C16H17F3N4O2.HI/c17-16(18,19)24-11-5-3-4-10(8-11)22-15(20)21-9-13-12-6-1-2-7-14(12)25-23-13;/h3-5,8H,1-2,6-7,9H2,(H3,20,21,22);1H. The lowest BCUT2D eigenvalue weighted by atomic mass is 9.96. The fourth-order valence-corrected chi connectivity index (χ4v) is 2.69. The lowest BCUT2D eigenvalue weighted by Gasteiger charge is -2.11. The highest BCUT2D eigenvalue weighted by Crippen LogP contribution is 2.26. The van der Waals surface area contributed by atoms with E-state index in [4.69, 9.17) is 10.3 Å².